The van der Waals surface area contributed by atoms with E-state index in [4.69, 9.17) is 9.15 Å². The summed E-state index contributed by atoms with van der Waals surface area (Å²) >= 11 is 0. The molecule has 4 heterocycles. The number of furan rings is 1. The fraction of sp³-hybridized carbons (Fsp3) is 0.412. The lowest BCUT2D eigenvalue weighted by Gasteiger charge is -2.46. The van der Waals surface area contributed by atoms with Gasteiger partial charge in [0.25, 0.3) is 11.8 Å². The molecular formula is C17H18N4O4. The van der Waals surface area contributed by atoms with E-state index in [1.807, 2.05) is 0 Å². The molecule has 8 heteroatoms. The Balaban J connectivity index is 1.45. The zero-order chi connectivity index (χ0) is 17.3. The van der Waals surface area contributed by atoms with Crippen molar-refractivity contribution in [3.63, 3.8) is 0 Å². The number of amides is 2. The SMILES string of the molecule is O=C(c1ccoc1)N1CCC2(CC1)CN(c1cncnc1)C(=O)CO2. The highest BCUT2D eigenvalue weighted by atomic mass is 16.5. The van der Waals surface area contributed by atoms with Crippen LogP contribution in [0.25, 0.3) is 0 Å². The molecule has 0 bridgehead atoms. The minimum Gasteiger partial charge on any atom is -0.472 e. The number of aromatic nitrogens is 2. The van der Waals surface area contributed by atoms with Gasteiger partial charge in [0.1, 0.15) is 19.2 Å². The maximum Gasteiger partial charge on any atom is 0.257 e. The Bertz CT molecular complexity index is 754. The molecule has 2 aliphatic heterocycles. The van der Waals surface area contributed by atoms with Crippen molar-refractivity contribution < 1.29 is 18.7 Å². The second-order valence-electron chi connectivity index (χ2n) is 6.35. The van der Waals surface area contributed by atoms with Gasteiger partial charge >= 0.3 is 0 Å². The standard InChI is InChI=1S/C17H18N4O4/c22-15-10-25-17(11-21(15)14-7-18-12-19-8-14)2-4-20(5-3-17)16(23)13-1-6-24-9-13/h1,6-9,12H,2-5,10-11H2. The van der Waals surface area contributed by atoms with E-state index < -0.39 is 5.60 Å². The topological polar surface area (TPSA) is 88.8 Å². The van der Waals surface area contributed by atoms with E-state index in [9.17, 15) is 9.59 Å². The first kappa shape index (κ1) is 15.8. The number of carbonyl (C=O) groups is 2. The van der Waals surface area contributed by atoms with Crippen molar-refractivity contribution in [2.75, 3.05) is 31.1 Å². The third kappa shape index (κ3) is 3.00. The summed E-state index contributed by atoms with van der Waals surface area (Å²) in [7, 11) is 0. The molecule has 130 valence electrons. The molecule has 2 saturated heterocycles. The summed E-state index contributed by atoms with van der Waals surface area (Å²) in [5.74, 6) is -0.138. The van der Waals surface area contributed by atoms with Crippen LogP contribution in [0.1, 0.15) is 23.2 Å². The molecule has 0 unspecified atom stereocenters. The smallest absolute Gasteiger partial charge is 0.257 e. The lowest BCUT2D eigenvalue weighted by Crippen LogP contribution is -2.59. The summed E-state index contributed by atoms with van der Waals surface area (Å²) < 4.78 is 10.9. The first-order valence-corrected chi connectivity index (χ1v) is 8.18. The molecule has 0 aromatic carbocycles. The van der Waals surface area contributed by atoms with Gasteiger partial charge < -0.3 is 19.0 Å². The Morgan fingerprint density at radius 1 is 1.20 bits per heavy atom. The van der Waals surface area contributed by atoms with Gasteiger partial charge in [0, 0.05) is 13.1 Å². The molecule has 2 aliphatic rings. The molecule has 2 aromatic heterocycles. The molecule has 2 amide bonds. The van der Waals surface area contributed by atoms with Crippen LogP contribution in [0.15, 0.2) is 41.7 Å². The minimum absolute atomic E-state index is 0.0323. The summed E-state index contributed by atoms with van der Waals surface area (Å²) in [6.07, 6.45) is 8.99. The van der Waals surface area contributed by atoms with E-state index in [1.165, 1.54) is 18.9 Å². The summed E-state index contributed by atoms with van der Waals surface area (Å²) in [6, 6.07) is 1.67. The number of piperidine rings is 1. The largest absolute Gasteiger partial charge is 0.472 e. The quantitative estimate of drug-likeness (QED) is 0.812. The van der Waals surface area contributed by atoms with Crippen LogP contribution in [0.3, 0.4) is 0 Å². The molecule has 2 fully saturated rings. The highest BCUT2D eigenvalue weighted by Gasteiger charge is 2.43. The Morgan fingerprint density at radius 2 is 1.96 bits per heavy atom. The van der Waals surface area contributed by atoms with E-state index in [0.717, 1.165) is 0 Å². The molecule has 0 atom stereocenters. The van der Waals surface area contributed by atoms with E-state index in [2.05, 4.69) is 9.97 Å². The van der Waals surface area contributed by atoms with Crippen LogP contribution in [0.4, 0.5) is 5.69 Å². The monoisotopic (exact) mass is 342 g/mol. The van der Waals surface area contributed by atoms with Crippen LogP contribution in [-0.4, -0.2) is 58.5 Å². The first-order valence-electron chi connectivity index (χ1n) is 8.18. The van der Waals surface area contributed by atoms with Crippen molar-refractivity contribution in [3.05, 3.63) is 42.9 Å². The number of hydrogen-bond acceptors (Lipinski definition) is 6. The Labute approximate surface area is 144 Å². The summed E-state index contributed by atoms with van der Waals surface area (Å²) in [5, 5.41) is 0. The zero-order valence-corrected chi connectivity index (χ0v) is 13.6. The van der Waals surface area contributed by atoms with Crippen LogP contribution in [-0.2, 0) is 9.53 Å². The van der Waals surface area contributed by atoms with Crippen molar-refractivity contribution in [2.24, 2.45) is 0 Å². The Hall–Kier alpha value is -2.74. The third-order valence-corrected chi connectivity index (χ3v) is 4.84. The maximum atomic E-state index is 12.4. The normalized spacial score (nSPS) is 20.1. The molecule has 0 N–H and O–H groups in total. The van der Waals surface area contributed by atoms with Gasteiger partial charge in [-0.2, -0.15) is 0 Å². The van der Waals surface area contributed by atoms with Gasteiger partial charge in [0.15, 0.2) is 0 Å². The van der Waals surface area contributed by atoms with Gasteiger partial charge in [-0.25, -0.2) is 9.97 Å². The fourth-order valence-electron chi connectivity index (χ4n) is 3.37. The lowest BCUT2D eigenvalue weighted by atomic mass is 9.89. The number of likely N-dealkylation sites (tertiary alicyclic amines) is 1. The number of ether oxygens (including phenoxy) is 1. The van der Waals surface area contributed by atoms with E-state index in [-0.39, 0.29) is 18.4 Å². The van der Waals surface area contributed by atoms with Crippen LogP contribution >= 0.6 is 0 Å². The van der Waals surface area contributed by atoms with Crippen molar-refractivity contribution >= 4 is 17.5 Å². The molecule has 1 spiro atoms. The molecule has 0 saturated carbocycles. The van der Waals surface area contributed by atoms with Crippen LogP contribution < -0.4 is 4.90 Å². The lowest BCUT2D eigenvalue weighted by molar-refractivity contribution is -0.143. The predicted octanol–water partition coefficient (Wildman–Crippen LogP) is 1.11. The third-order valence-electron chi connectivity index (χ3n) is 4.84. The fourth-order valence-corrected chi connectivity index (χ4v) is 3.37. The number of rotatable bonds is 2. The summed E-state index contributed by atoms with van der Waals surface area (Å²) in [4.78, 5) is 36.1. The molecule has 8 nitrogen and oxygen atoms in total. The molecule has 0 aliphatic carbocycles. The van der Waals surface area contributed by atoms with Crippen LogP contribution in [0.5, 0.6) is 0 Å². The van der Waals surface area contributed by atoms with Gasteiger partial charge in [-0.05, 0) is 18.9 Å². The van der Waals surface area contributed by atoms with Crippen molar-refractivity contribution in [2.45, 2.75) is 18.4 Å². The number of carbonyl (C=O) groups excluding carboxylic acids is 2. The second-order valence-corrected chi connectivity index (χ2v) is 6.35. The van der Waals surface area contributed by atoms with Gasteiger partial charge in [0.05, 0.1) is 42.1 Å². The van der Waals surface area contributed by atoms with Gasteiger partial charge in [-0.1, -0.05) is 0 Å². The molecule has 2 aromatic rings. The number of morpholine rings is 1. The van der Waals surface area contributed by atoms with E-state index in [0.29, 0.717) is 43.7 Å². The van der Waals surface area contributed by atoms with Crippen molar-refractivity contribution in [1.82, 2.24) is 14.9 Å². The molecule has 25 heavy (non-hydrogen) atoms. The highest BCUT2D eigenvalue weighted by Crippen LogP contribution is 2.32. The van der Waals surface area contributed by atoms with E-state index >= 15 is 0 Å². The second kappa shape index (κ2) is 6.29. The van der Waals surface area contributed by atoms with Crippen molar-refractivity contribution in [3.8, 4) is 0 Å². The Morgan fingerprint density at radius 3 is 2.64 bits per heavy atom. The van der Waals surface area contributed by atoms with Gasteiger partial charge in [-0.3, -0.25) is 9.59 Å². The predicted molar refractivity (Wildman–Crippen MR) is 86.9 cm³/mol. The van der Waals surface area contributed by atoms with E-state index in [1.54, 1.807) is 28.3 Å². The van der Waals surface area contributed by atoms with Crippen LogP contribution in [0, 0.1) is 0 Å². The maximum absolute atomic E-state index is 12.4. The minimum atomic E-state index is -0.434. The van der Waals surface area contributed by atoms with Gasteiger partial charge in [-0.15, -0.1) is 0 Å². The average Bonchev–Trinajstić information content (AvgIpc) is 3.20. The highest BCUT2D eigenvalue weighted by molar-refractivity contribution is 5.95. The number of nitrogens with zero attached hydrogens (tertiary/aromatic N) is 4. The Kier molecular flexibility index (Phi) is 3.96. The van der Waals surface area contributed by atoms with Crippen molar-refractivity contribution in [1.29, 1.82) is 0 Å². The summed E-state index contributed by atoms with van der Waals surface area (Å²) in [6.45, 7) is 1.65. The zero-order valence-electron chi connectivity index (χ0n) is 13.6. The number of hydrogen-bond donors (Lipinski definition) is 0. The van der Waals surface area contributed by atoms with Gasteiger partial charge in [0.2, 0.25) is 0 Å². The average molecular weight is 342 g/mol. The summed E-state index contributed by atoms with van der Waals surface area (Å²) in [5.41, 5.74) is 0.794. The first-order chi connectivity index (χ1) is 12.2. The molecule has 4 rings (SSSR count). The molecule has 0 radical (unpaired) electrons. The molecular weight excluding hydrogens is 324 g/mol. The number of anilines is 1. The van der Waals surface area contributed by atoms with Crippen LogP contribution in [0.2, 0.25) is 0 Å².